The summed E-state index contributed by atoms with van der Waals surface area (Å²) in [5.74, 6) is -0.154. The number of nitrogens with zero attached hydrogens (tertiary/aromatic N) is 2. The van der Waals surface area contributed by atoms with Gasteiger partial charge in [0.05, 0.1) is 15.1 Å². The predicted molar refractivity (Wildman–Crippen MR) is 138 cm³/mol. The highest BCUT2D eigenvalue weighted by atomic mass is 32.2. The number of sulfonamides is 1. The van der Waals surface area contributed by atoms with Crippen LogP contribution in [0.4, 0.5) is 0 Å². The Morgan fingerprint density at radius 3 is 2.56 bits per heavy atom. The number of unbranched alkanes of at least 4 members (excludes halogenated alkanes) is 2. The average molecular weight is 522 g/mol. The van der Waals surface area contributed by atoms with Gasteiger partial charge in [-0.15, -0.1) is 11.3 Å². The van der Waals surface area contributed by atoms with E-state index in [4.69, 9.17) is 0 Å². The molecular weight excluding hydrogens is 490 g/mol. The maximum atomic E-state index is 13.8. The Hall–Kier alpha value is -1.98. The first-order valence-corrected chi connectivity index (χ1v) is 14.5. The van der Waals surface area contributed by atoms with Gasteiger partial charge in [-0.2, -0.15) is 4.31 Å². The lowest BCUT2D eigenvalue weighted by atomic mass is 10.0. The zero-order chi connectivity index (χ0) is 24.7. The molecule has 0 aliphatic rings. The van der Waals surface area contributed by atoms with Crippen LogP contribution in [-0.4, -0.2) is 40.6 Å². The van der Waals surface area contributed by atoms with E-state index in [0.29, 0.717) is 0 Å². The van der Waals surface area contributed by atoms with Gasteiger partial charge < -0.3 is 0 Å². The molecule has 0 spiro atoms. The predicted octanol–water partition coefficient (Wildman–Crippen LogP) is 5.30. The second-order valence-electron chi connectivity index (χ2n) is 8.37. The van der Waals surface area contributed by atoms with Crippen LogP contribution in [-0.2, 0) is 21.4 Å². The van der Waals surface area contributed by atoms with Crippen molar-refractivity contribution in [2.45, 2.75) is 61.9 Å². The molecule has 0 unspecified atom stereocenters. The van der Waals surface area contributed by atoms with Crippen molar-refractivity contribution in [1.82, 2.24) is 14.8 Å². The summed E-state index contributed by atoms with van der Waals surface area (Å²) >= 11 is 3.17. The first-order chi connectivity index (χ1) is 16.3. The van der Waals surface area contributed by atoms with Crippen LogP contribution in [0.2, 0.25) is 0 Å². The molecule has 1 atom stereocenters. The minimum atomic E-state index is -4.07. The largest absolute Gasteiger partial charge is 0.289 e. The minimum Gasteiger partial charge on any atom is -0.289 e. The van der Waals surface area contributed by atoms with E-state index in [0.717, 1.165) is 38.7 Å². The highest BCUT2D eigenvalue weighted by Gasteiger charge is 2.38. The molecule has 1 aromatic heterocycles. The fourth-order valence-electron chi connectivity index (χ4n) is 3.68. The van der Waals surface area contributed by atoms with E-state index < -0.39 is 22.0 Å². The summed E-state index contributed by atoms with van der Waals surface area (Å²) in [7, 11) is -4.07. The lowest BCUT2D eigenvalue weighted by molar-refractivity contribution is -0.134. The summed E-state index contributed by atoms with van der Waals surface area (Å²) in [6, 6.07) is 12.9. The number of thiazole rings is 1. The minimum absolute atomic E-state index is 0.00129. The SMILES string of the molecule is CCCCCSc1nc2ccc(S(=O)(=O)N(Cc3ccccc3)[C@@H](C(=O)NO)C(C)C)cc2s1. The molecule has 0 aliphatic carbocycles. The number of fused-ring (bicyclic) bond motifs is 1. The van der Waals surface area contributed by atoms with E-state index in [1.54, 1.807) is 43.2 Å². The number of hydrogen-bond donors (Lipinski definition) is 2. The molecule has 10 heteroatoms. The van der Waals surface area contributed by atoms with Gasteiger partial charge in [0, 0.05) is 12.3 Å². The number of aromatic nitrogens is 1. The van der Waals surface area contributed by atoms with Crippen LogP contribution < -0.4 is 5.48 Å². The third-order valence-electron chi connectivity index (χ3n) is 5.42. The van der Waals surface area contributed by atoms with Gasteiger partial charge in [-0.25, -0.2) is 18.9 Å². The number of thioether (sulfide) groups is 1. The van der Waals surface area contributed by atoms with E-state index in [2.05, 4.69) is 11.9 Å². The Morgan fingerprint density at radius 1 is 1.18 bits per heavy atom. The first kappa shape index (κ1) is 26.6. The normalized spacial score (nSPS) is 13.0. The van der Waals surface area contributed by atoms with Crippen molar-refractivity contribution in [3.05, 3.63) is 54.1 Å². The van der Waals surface area contributed by atoms with E-state index in [1.165, 1.54) is 28.1 Å². The van der Waals surface area contributed by atoms with Crippen molar-refractivity contribution >= 4 is 49.2 Å². The molecule has 1 heterocycles. The number of carbonyl (C=O) groups is 1. The van der Waals surface area contributed by atoms with Crippen LogP contribution >= 0.6 is 23.1 Å². The van der Waals surface area contributed by atoms with E-state index in [1.807, 2.05) is 30.3 Å². The van der Waals surface area contributed by atoms with E-state index >= 15 is 0 Å². The molecule has 2 aromatic carbocycles. The monoisotopic (exact) mass is 521 g/mol. The molecule has 7 nitrogen and oxygen atoms in total. The smallest absolute Gasteiger partial charge is 0.262 e. The molecule has 34 heavy (non-hydrogen) atoms. The molecule has 0 saturated heterocycles. The third-order valence-corrected chi connectivity index (χ3v) is 9.49. The van der Waals surface area contributed by atoms with Crippen LogP contribution in [0, 0.1) is 5.92 Å². The van der Waals surface area contributed by atoms with Gasteiger partial charge >= 0.3 is 0 Å². The first-order valence-electron chi connectivity index (χ1n) is 11.3. The molecule has 0 aliphatic heterocycles. The number of hydrogen-bond acceptors (Lipinski definition) is 7. The summed E-state index contributed by atoms with van der Waals surface area (Å²) < 4.78 is 30.6. The number of benzene rings is 2. The molecule has 2 N–H and O–H groups in total. The van der Waals surface area contributed by atoms with E-state index in [-0.39, 0.29) is 17.4 Å². The fraction of sp³-hybridized carbons (Fsp3) is 0.417. The Morgan fingerprint density at radius 2 is 1.91 bits per heavy atom. The number of nitrogens with one attached hydrogen (secondary N) is 1. The van der Waals surface area contributed by atoms with Crippen molar-refractivity contribution in [3.8, 4) is 0 Å². The standard InChI is InChI=1S/C24H31N3O4S3/c1-4-5-9-14-32-24-25-20-13-12-19(15-21(20)33-24)34(30,31)27(16-18-10-7-6-8-11-18)22(17(2)3)23(28)26-29/h6-8,10-13,15,17,22,29H,4-5,9,14,16H2,1-3H3,(H,26,28)/t22-/m1/s1. The maximum Gasteiger partial charge on any atom is 0.262 e. The van der Waals surface area contributed by atoms with Crippen molar-refractivity contribution in [2.24, 2.45) is 5.92 Å². The molecule has 0 radical (unpaired) electrons. The van der Waals surface area contributed by atoms with Gasteiger partial charge in [0.1, 0.15) is 6.04 Å². The summed E-state index contributed by atoms with van der Waals surface area (Å²) in [6.45, 7) is 5.67. The fourth-order valence-corrected chi connectivity index (χ4v) is 7.67. The molecule has 3 aromatic rings. The number of carbonyl (C=O) groups excluding carboxylic acids is 1. The highest BCUT2D eigenvalue weighted by Crippen LogP contribution is 2.33. The summed E-state index contributed by atoms with van der Waals surface area (Å²) in [5, 5.41) is 9.32. The van der Waals surface area contributed by atoms with Crippen LogP contribution in [0.15, 0.2) is 57.8 Å². The van der Waals surface area contributed by atoms with Gasteiger partial charge in [0.25, 0.3) is 5.91 Å². The Labute approximate surface area is 209 Å². The zero-order valence-electron chi connectivity index (χ0n) is 19.6. The van der Waals surface area contributed by atoms with Crippen LogP contribution in [0.1, 0.15) is 45.6 Å². The summed E-state index contributed by atoms with van der Waals surface area (Å²) in [4.78, 5) is 17.3. The summed E-state index contributed by atoms with van der Waals surface area (Å²) in [5.41, 5.74) is 3.14. The van der Waals surface area contributed by atoms with Gasteiger partial charge in [-0.1, -0.05) is 75.7 Å². The highest BCUT2D eigenvalue weighted by molar-refractivity contribution is 8.01. The molecule has 0 fully saturated rings. The number of hydroxylamine groups is 1. The van der Waals surface area contributed by atoms with Crippen LogP contribution in [0.25, 0.3) is 10.2 Å². The van der Waals surface area contributed by atoms with Crippen molar-refractivity contribution < 1.29 is 18.4 Å². The van der Waals surface area contributed by atoms with Gasteiger partial charge in [-0.05, 0) is 36.1 Å². The molecule has 3 rings (SSSR count). The lowest BCUT2D eigenvalue weighted by Crippen LogP contribution is -2.51. The number of amides is 1. The van der Waals surface area contributed by atoms with Crippen LogP contribution in [0.3, 0.4) is 0 Å². The zero-order valence-corrected chi connectivity index (χ0v) is 22.0. The van der Waals surface area contributed by atoms with Crippen molar-refractivity contribution in [3.63, 3.8) is 0 Å². The van der Waals surface area contributed by atoms with Crippen molar-refractivity contribution in [1.29, 1.82) is 0 Å². The average Bonchev–Trinajstić information content (AvgIpc) is 3.23. The molecule has 0 saturated carbocycles. The van der Waals surface area contributed by atoms with E-state index in [9.17, 15) is 18.4 Å². The molecule has 0 bridgehead atoms. The molecule has 184 valence electrons. The Bertz CT molecular complexity index is 1200. The molecule has 1 amide bonds. The second kappa shape index (κ2) is 12.1. The third kappa shape index (κ3) is 6.37. The maximum absolute atomic E-state index is 13.8. The topological polar surface area (TPSA) is 99.6 Å². The Balaban J connectivity index is 1.98. The quantitative estimate of drug-likeness (QED) is 0.145. The van der Waals surface area contributed by atoms with Gasteiger partial charge in [0.2, 0.25) is 10.0 Å². The van der Waals surface area contributed by atoms with Crippen LogP contribution in [0.5, 0.6) is 0 Å². The second-order valence-corrected chi connectivity index (χ2v) is 12.6. The van der Waals surface area contributed by atoms with Gasteiger partial charge in [-0.3, -0.25) is 10.0 Å². The Kier molecular flexibility index (Phi) is 9.49. The van der Waals surface area contributed by atoms with Gasteiger partial charge in [0.15, 0.2) is 4.34 Å². The van der Waals surface area contributed by atoms with Crippen molar-refractivity contribution in [2.75, 3.05) is 5.75 Å². The molecular formula is C24H31N3O4S3. The number of rotatable bonds is 12. The summed E-state index contributed by atoms with van der Waals surface area (Å²) in [6.07, 6.45) is 3.46. The lowest BCUT2D eigenvalue weighted by Gasteiger charge is -2.32.